The van der Waals surface area contributed by atoms with E-state index in [1.54, 1.807) is 26.4 Å². The molecule has 0 radical (unpaired) electrons. The SMILES string of the molecule is COc1[c-]cc(Br)c(OC)c1.[Li+]. The van der Waals surface area contributed by atoms with E-state index in [9.17, 15) is 0 Å². The van der Waals surface area contributed by atoms with E-state index in [0.717, 1.165) is 10.2 Å². The summed E-state index contributed by atoms with van der Waals surface area (Å²) in [6.45, 7) is 0. The molecule has 1 aromatic carbocycles. The van der Waals surface area contributed by atoms with Crippen molar-refractivity contribution < 1.29 is 28.3 Å². The minimum atomic E-state index is 0. The number of rotatable bonds is 2. The van der Waals surface area contributed by atoms with Crippen LogP contribution in [0, 0.1) is 6.07 Å². The van der Waals surface area contributed by atoms with Crippen molar-refractivity contribution in [3.05, 3.63) is 22.7 Å². The summed E-state index contributed by atoms with van der Waals surface area (Å²) in [4.78, 5) is 0. The molecule has 0 fully saturated rings. The second kappa shape index (κ2) is 5.53. The largest absolute Gasteiger partial charge is 1.00 e. The Hall–Kier alpha value is -0.103. The van der Waals surface area contributed by atoms with E-state index in [4.69, 9.17) is 9.47 Å². The van der Waals surface area contributed by atoms with Gasteiger partial charge in [0.15, 0.2) is 0 Å². The predicted molar refractivity (Wildman–Crippen MR) is 46.1 cm³/mol. The van der Waals surface area contributed by atoms with Crippen molar-refractivity contribution in [1.29, 1.82) is 0 Å². The summed E-state index contributed by atoms with van der Waals surface area (Å²) >= 11 is 3.31. The molecular weight excluding hydrogens is 215 g/mol. The van der Waals surface area contributed by atoms with Crippen LogP contribution in [0.25, 0.3) is 0 Å². The van der Waals surface area contributed by atoms with Crippen LogP contribution in [0.5, 0.6) is 11.5 Å². The Morgan fingerprint density at radius 2 is 2.00 bits per heavy atom. The molecule has 0 heterocycles. The van der Waals surface area contributed by atoms with Crippen LogP contribution in [-0.2, 0) is 0 Å². The second-order valence-corrected chi connectivity index (χ2v) is 2.77. The molecule has 1 aromatic rings. The first-order valence-corrected chi connectivity index (χ1v) is 3.86. The second-order valence-electron chi connectivity index (χ2n) is 1.92. The molecule has 4 heteroatoms. The standard InChI is InChI=1S/C8H8BrO2.Li/c1-10-6-3-4-7(9)8(5-6)11-2;/h4-5H,1-2H3;/q-1;+1. The van der Waals surface area contributed by atoms with Gasteiger partial charge in [-0.25, -0.2) is 0 Å². The molecular formula is C8H8BrLiO2. The summed E-state index contributed by atoms with van der Waals surface area (Å²) in [5.41, 5.74) is 0. The maximum absolute atomic E-state index is 5.04. The van der Waals surface area contributed by atoms with Gasteiger partial charge in [0.05, 0.1) is 14.2 Å². The molecule has 12 heavy (non-hydrogen) atoms. The fourth-order valence-electron chi connectivity index (χ4n) is 0.710. The van der Waals surface area contributed by atoms with Gasteiger partial charge < -0.3 is 9.47 Å². The van der Waals surface area contributed by atoms with Gasteiger partial charge in [-0.1, -0.05) is 10.5 Å². The predicted octanol–water partition coefficient (Wildman–Crippen LogP) is -0.730. The number of hydrogen-bond acceptors (Lipinski definition) is 2. The minimum Gasteiger partial charge on any atom is -0.522 e. The van der Waals surface area contributed by atoms with Crippen LogP contribution < -0.4 is 28.3 Å². The average molecular weight is 223 g/mol. The quantitative estimate of drug-likeness (QED) is 0.486. The molecule has 60 valence electrons. The summed E-state index contributed by atoms with van der Waals surface area (Å²) in [6.07, 6.45) is 0. The van der Waals surface area contributed by atoms with Gasteiger partial charge in [0.2, 0.25) is 0 Å². The molecule has 1 rings (SSSR count). The first kappa shape index (κ1) is 11.9. The summed E-state index contributed by atoms with van der Waals surface area (Å²) in [5, 5.41) is 0. The molecule has 0 aromatic heterocycles. The molecule has 0 unspecified atom stereocenters. The summed E-state index contributed by atoms with van der Waals surface area (Å²) < 4.78 is 10.9. The molecule has 0 spiro atoms. The van der Waals surface area contributed by atoms with Gasteiger partial charge in [0, 0.05) is 11.5 Å². The molecule has 0 aliphatic heterocycles. The van der Waals surface area contributed by atoms with E-state index >= 15 is 0 Å². The minimum absolute atomic E-state index is 0. The number of benzene rings is 1. The first-order chi connectivity index (χ1) is 5.27. The fourth-order valence-corrected chi connectivity index (χ4v) is 1.10. The monoisotopic (exact) mass is 222 g/mol. The zero-order chi connectivity index (χ0) is 8.27. The van der Waals surface area contributed by atoms with Gasteiger partial charge in [0.25, 0.3) is 0 Å². The van der Waals surface area contributed by atoms with Gasteiger partial charge in [0.1, 0.15) is 0 Å². The Morgan fingerprint density at radius 1 is 1.33 bits per heavy atom. The van der Waals surface area contributed by atoms with Crippen molar-refractivity contribution in [2.45, 2.75) is 0 Å². The van der Waals surface area contributed by atoms with Gasteiger partial charge in [-0.05, 0) is 0 Å². The smallest absolute Gasteiger partial charge is 0.522 e. The van der Waals surface area contributed by atoms with E-state index in [2.05, 4.69) is 22.0 Å². The molecule has 0 amide bonds. The molecule has 0 saturated carbocycles. The third-order valence-electron chi connectivity index (χ3n) is 1.28. The molecule has 0 saturated heterocycles. The zero-order valence-corrected chi connectivity index (χ0v) is 8.94. The normalized spacial score (nSPS) is 8.58. The number of methoxy groups -OCH3 is 2. The van der Waals surface area contributed by atoms with Crippen LogP contribution in [0.15, 0.2) is 16.6 Å². The zero-order valence-electron chi connectivity index (χ0n) is 7.35. The van der Waals surface area contributed by atoms with Crippen molar-refractivity contribution in [3.8, 4) is 11.5 Å². The van der Waals surface area contributed by atoms with E-state index in [1.165, 1.54) is 0 Å². The van der Waals surface area contributed by atoms with Gasteiger partial charge in [-0.2, -0.15) is 6.07 Å². The van der Waals surface area contributed by atoms with Crippen LogP contribution in [0.2, 0.25) is 0 Å². The summed E-state index contributed by atoms with van der Waals surface area (Å²) in [5.74, 6) is 1.42. The number of halogens is 1. The van der Waals surface area contributed by atoms with Crippen LogP contribution in [0.4, 0.5) is 0 Å². The molecule has 0 N–H and O–H groups in total. The van der Waals surface area contributed by atoms with Crippen molar-refractivity contribution in [3.63, 3.8) is 0 Å². The first-order valence-electron chi connectivity index (χ1n) is 3.07. The Bertz CT molecular complexity index is 253. The average Bonchev–Trinajstić information content (AvgIpc) is 2.05. The van der Waals surface area contributed by atoms with Gasteiger partial charge in [-0.3, -0.25) is 0 Å². The van der Waals surface area contributed by atoms with Crippen molar-refractivity contribution >= 4 is 15.9 Å². The summed E-state index contributed by atoms with van der Waals surface area (Å²) in [7, 11) is 3.21. The van der Waals surface area contributed by atoms with E-state index in [1.807, 2.05) is 0 Å². The van der Waals surface area contributed by atoms with E-state index < -0.39 is 0 Å². The maximum Gasteiger partial charge on any atom is 1.00 e. The van der Waals surface area contributed by atoms with Crippen LogP contribution in [0.3, 0.4) is 0 Å². The third kappa shape index (κ3) is 2.74. The van der Waals surface area contributed by atoms with Crippen LogP contribution in [0.1, 0.15) is 0 Å². The van der Waals surface area contributed by atoms with Crippen molar-refractivity contribution in [1.82, 2.24) is 0 Å². The van der Waals surface area contributed by atoms with E-state index in [-0.39, 0.29) is 18.9 Å². The molecule has 0 atom stereocenters. The van der Waals surface area contributed by atoms with Crippen LogP contribution >= 0.6 is 15.9 Å². The topological polar surface area (TPSA) is 18.5 Å². The third-order valence-corrected chi connectivity index (χ3v) is 1.90. The van der Waals surface area contributed by atoms with Crippen molar-refractivity contribution in [2.24, 2.45) is 0 Å². The molecule has 2 nitrogen and oxygen atoms in total. The van der Waals surface area contributed by atoms with Crippen molar-refractivity contribution in [2.75, 3.05) is 14.2 Å². The molecule has 0 aliphatic carbocycles. The maximum atomic E-state index is 5.04. The Labute approximate surface area is 92.6 Å². The fraction of sp³-hybridized carbons (Fsp3) is 0.250. The molecule has 0 aliphatic rings. The van der Waals surface area contributed by atoms with Gasteiger partial charge in [-0.15, -0.1) is 22.0 Å². The van der Waals surface area contributed by atoms with E-state index in [0.29, 0.717) is 5.75 Å². The molecule has 0 bridgehead atoms. The van der Waals surface area contributed by atoms with Crippen LogP contribution in [-0.4, -0.2) is 14.2 Å². The number of hydrogen-bond donors (Lipinski definition) is 0. The van der Waals surface area contributed by atoms with Gasteiger partial charge >= 0.3 is 18.9 Å². The Balaban J connectivity index is 0.00000121. The summed E-state index contributed by atoms with van der Waals surface area (Å²) in [6, 6.07) is 6.44. The Kier molecular flexibility index (Phi) is 5.48. The number of ether oxygens (including phenoxy) is 2. The Morgan fingerprint density at radius 3 is 2.50 bits per heavy atom.